The minimum Gasteiger partial charge on any atom is -0.497 e. The molecule has 186 valence electrons. The Balaban J connectivity index is 1.64. The number of aromatic nitrogens is 1. The second kappa shape index (κ2) is 10.5. The fourth-order valence-corrected chi connectivity index (χ4v) is 4.12. The maximum Gasteiger partial charge on any atom is 0.418 e. The van der Waals surface area contributed by atoms with Crippen molar-refractivity contribution in [1.29, 1.82) is 0 Å². The van der Waals surface area contributed by atoms with Crippen molar-refractivity contribution >= 4 is 17.9 Å². The standard InChI is InChI=1S/C27H27N3O6/c1-18(20-9-5-4-6-10-20)30-25(32)27(36-26(30)33,16-21-11-7-8-12-28-21)24(31)29-17-19-13-22(34-2)15-23(14-19)35-3/h4-15,18H,16-17H2,1-3H3,(H,29,31)/t18-,27-/m1/s1. The molecule has 0 unspecified atom stereocenters. The summed E-state index contributed by atoms with van der Waals surface area (Å²) in [5.41, 5.74) is -0.248. The van der Waals surface area contributed by atoms with Crippen LogP contribution < -0.4 is 14.8 Å². The van der Waals surface area contributed by atoms with E-state index < -0.39 is 29.6 Å². The number of hydrogen-bond acceptors (Lipinski definition) is 7. The summed E-state index contributed by atoms with van der Waals surface area (Å²) in [5.74, 6) is -0.382. The molecule has 0 saturated carbocycles. The lowest BCUT2D eigenvalue weighted by atomic mass is 9.93. The van der Waals surface area contributed by atoms with Gasteiger partial charge in [0.15, 0.2) is 0 Å². The summed E-state index contributed by atoms with van der Waals surface area (Å²) >= 11 is 0. The lowest BCUT2D eigenvalue weighted by Crippen LogP contribution is -2.55. The van der Waals surface area contributed by atoms with Crippen LogP contribution in [0.4, 0.5) is 4.79 Å². The number of pyridine rings is 1. The number of rotatable bonds is 9. The maximum absolute atomic E-state index is 13.8. The van der Waals surface area contributed by atoms with Gasteiger partial charge in [-0.2, -0.15) is 0 Å². The molecular formula is C27H27N3O6. The van der Waals surface area contributed by atoms with Crippen LogP contribution in [0.25, 0.3) is 0 Å². The molecule has 3 amide bonds. The molecule has 0 bridgehead atoms. The molecule has 0 radical (unpaired) electrons. The van der Waals surface area contributed by atoms with Gasteiger partial charge in [0.25, 0.3) is 17.4 Å². The summed E-state index contributed by atoms with van der Waals surface area (Å²) in [4.78, 5) is 45.6. The Morgan fingerprint density at radius 1 is 1.03 bits per heavy atom. The number of imide groups is 1. The molecule has 36 heavy (non-hydrogen) atoms. The number of nitrogens with one attached hydrogen (secondary N) is 1. The average Bonchev–Trinajstić information content (AvgIpc) is 3.17. The first kappa shape index (κ1) is 24.7. The Morgan fingerprint density at radius 2 is 1.69 bits per heavy atom. The van der Waals surface area contributed by atoms with Gasteiger partial charge in [0.1, 0.15) is 11.5 Å². The molecule has 2 aromatic carbocycles. The normalized spacial score (nSPS) is 17.9. The third-order valence-electron chi connectivity index (χ3n) is 6.08. The van der Waals surface area contributed by atoms with Crippen LogP contribution >= 0.6 is 0 Å². The number of amides is 3. The Bertz CT molecular complexity index is 1230. The smallest absolute Gasteiger partial charge is 0.418 e. The van der Waals surface area contributed by atoms with Crippen molar-refractivity contribution in [2.45, 2.75) is 31.5 Å². The number of carbonyl (C=O) groups is 3. The molecule has 9 heteroatoms. The molecule has 1 aliphatic heterocycles. The highest BCUT2D eigenvalue weighted by Gasteiger charge is 2.60. The van der Waals surface area contributed by atoms with Crippen molar-refractivity contribution in [1.82, 2.24) is 15.2 Å². The Labute approximate surface area is 209 Å². The molecule has 0 spiro atoms. The van der Waals surface area contributed by atoms with Crippen molar-refractivity contribution in [3.8, 4) is 11.5 Å². The second-order valence-corrected chi connectivity index (χ2v) is 8.36. The highest BCUT2D eigenvalue weighted by Crippen LogP contribution is 2.35. The van der Waals surface area contributed by atoms with Gasteiger partial charge in [-0.1, -0.05) is 36.4 Å². The molecule has 4 rings (SSSR count). The number of nitrogens with zero attached hydrogens (tertiary/aromatic N) is 2. The highest BCUT2D eigenvalue weighted by molar-refractivity contribution is 6.17. The van der Waals surface area contributed by atoms with E-state index in [4.69, 9.17) is 14.2 Å². The summed E-state index contributed by atoms with van der Waals surface area (Å²) in [6.07, 6.45) is 0.462. The van der Waals surface area contributed by atoms with E-state index in [1.807, 2.05) is 18.2 Å². The summed E-state index contributed by atoms with van der Waals surface area (Å²) in [6.45, 7) is 1.77. The molecule has 1 saturated heterocycles. The monoisotopic (exact) mass is 489 g/mol. The lowest BCUT2D eigenvalue weighted by Gasteiger charge is -2.25. The summed E-state index contributed by atoms with van der Waals surface area (Å²) < 4.78 is 16.2. The molecule has 2 atom stereocenters. The third-order valence-corrected chi connectivity index (χ3v) is 6.08. The molecule has 1 aromatic heterocycles. The number of methoxy groups -OCH3 is 2. The fraction of sp³-hybridized carbons (Fsp3) is 0.259. The molecule has 0 aliphatic carbocycles. The molecule has 3 aromatic rings. The second-order valence-electron chi connectivity index (χ2n) is 8.36. The van der Waals surface area contributed by atoms with Crippen molar-refractivity contribution in [3.63, 3.8) is 0 Å². The zero-order valence-electron chi connectivity index (χ0n) is 20.3. The minimum absolute atomic E-state index is 0.0510. The fourth-order valence-electron chi connectivity index (χ4n) is 4.12. The Morgan fingerprint density at radius 3 is 2.31 bits per heavy atom. The molecule has 2 heterocycles. The maximum atomic E-state index is 13.8. The molecule has 1 fully saturated rings. The van der Waals surface area contributed by atoms with Gasteiger partial charge in [0.2, 0.25) is 0 Å². The molecule has 1 N–H and O–H groups in total. The van der Waals surface area contributed by atoms with Crippen molar-refractivity contribution in [2.75, 3.05) is 14.2 Å². The topological polar surface area (TPSA) is 107 Å². The van der Waals surface area contributed by atoms with Gasteiger partial charge in [-0.25, -0.2) is 9.69 Å². The predicted octanol–water partition coefficient (Wildman–Crippen LogP) is 3.44. The predicted molar refractivity (Wildman–Crippen MR) is 130 cm³/mol. The first-order valence-electron chi connectivity index (χ1n) is 11.4. The van der Waals surface area contributed by atoms with Crippen molar-refractivity contribution in [2.24, 2.45) is 0 Å². The van der Waals surface area contributed by atoms with Gasteiger partial charge in [0.05, 0.1) is 20.3 Å². The third kappa shape index (κ3) is 4.86. The van der Waals surface area contributed by atoms with E-state index in [1.165, 1.54) is 14.2 Å². The average molecular weight is 490 g/mol. The van der Waals surface area contributed by atoms with Gasteiger partial charge in [0, 0.05) is 30.9 Å². The molecule has 1 aliphatic rings. The van der Waals surface area contributed by atoms with E-state index in [1.54, 1.807) is 61.7 Å². The van der Waals surface area contributed by atoms with Crippen LogP contribution in [0.3, 0.4) is 0 Å². The quantitative estimate of drug-likeness (QED) is 0.459. The zero-order valence-corrected chi connectivity index (χ0v) is 20.3. The largest absolute Gasteiger partial charge is 0.497 e. The summed E-state index contributed by atoms with van der Waals surface area (Å²) in [7, 11) is 3.05. The zero-order chi connectivity index (χ0) is 25.7. The minimum atomic E-state index is -2.10. The van der Waals surface area contributed by atoms with Crippen LogP contribution in [-0.4, -0.2) is 47.6 Å². The van der Waals surface area contributed by atoms with Gasteiger partial charge in [-0.05, 0) is 42.3 Å². The van der Waals surface area contributed by atoms with Crippen LogP contribution in [0, 0.1) is 0 Å². The van der Waals surface area contributed by atoms with E-state index in [0.717, 1.165) is 10.5 Å². The van der Waals surface area contributed by atoms with E-state index in [2.05, 4.69) is 10.3 Å². The first-order valence-corrected chi connectivity index (χ1v) is 11.4. The van der Waals surface area contributed by atoms with Crippen LogP contribution in [0.2, 0.25) is 0 Å². The van der Waals surface area contributed by atoms with E-state index in [9.17, 15) is 14.4 Å². The van der Waals surface area contributed by atoms with Gasteiger partial charge < -0.3 is 19.5 Å². The lowest BCUT2D eigenvalue weighted by molar-refractivity contribution is -0.150. The van der Waals surface area contributed by atoms with E-state index in [-0.39, 0.29) is 13.0 Å². The van der Waals surface area contributed by atoms with E-state index in [0.29, 0.717) is 22.8 Å². The summed E-state index contributed by atoms with van der Waals surface area (Å²) in [5, 5.41) is 2.75. The Kier molecular flexibility index (Phi) is 7.19. The number of carbonyl (C=O) groups excluding carboxylic acids is 3. The summed E-state index contributed by atoms with van der Waals surface area (Å²) in [6, 6.07) is 18.8. The van der Waals surface area contributed by atoms with Gasteiger partial charge in [-0.3, -0.25) is 14.6 Å². The van der Waals surface area contributed by atoms with Crippen LogP contribution in [0.1, 0.15) is 29.8 Å². The number of cyclic esters (lactones) is 1. The Hall–Kier alpha value is -4.40. The van der Waals surface area contributed by atoms with Gasteiger partial charge in [-0.15, -0.1) is 0 Å². The molecule has 9 nitrogen and oxygen atoms in total. The van der Waals surface area contributed by atoms with Crippen LogP contribution in [0.15, 0.2) is 72.9 Å². The van der Waals surface area contributed by atoms with E-state index >= 15 is 0 Å². The van der Waals surface area contributed by atoms with Crippen LogP contribution in [-0.2, 0) is 27.3 Å². The first-order chi connectivity index (χ1) is 17.4. The SMILES string of the molecule is COc1cc(CNC(=O)[C@@]2(Cc3ccccn3)OC(=O)N([C@H](C)c3ccccc3)C2=O)cc(OC)c1. The van der Waals surface area contributed by atoms with Gasteiger partial charge >= 0.3 is 6.09 Å². The molecular weight excluding hydrogens is 462 g/mol. The van der Waals surface area contributed by atoms with Crippen molar-refractivity contribution in [3.05, 3.63) is 89.7 Å². The van der Waals surface area contributed by atoms with Crippen LogP contribution in [0.5, 0.6) is 11.5 Å². The highest BCUT2D eigenvalue weighted by atomic mass is 16.6. The number of benzene rings is 2. The number of ether oxygens (including phenoxy) is 3. The van der Waals surface area contributed by atoms with Crippen molar-refractivity contribution < 1.29 is 28.6 Å². The number of hydrogen-bond donors (Lipinski definition) is 1.